The van der Waals surface area contributed by atoms with Gasteiger partial charge in [0.15, 0.2) is 5.65 Å². The van der Waals surface area contributed by atoms with Gasteiger partial charge in [0, 0.05) is 24.0 Å². The summed E-state index contributed by atoms with van der Waals surface area (Å²) in [6.45, 7) is 5.26. The van der Waals surface area contributed by atoms with Crippen molar-refractivity contribution >= 4 is 16.9 Å². The van der Waals surface area contributed by atoms with Crippen LogP contribution in [0.15, 0.2) is 30.3 Å². The average Bonchev–Trinajstić information content (AvgIpc) is 2.99. The Kier molecular flexibility index (Phi) is 3.97. The van der Waals surface area contributed by atoms with Crippen LogP contribution in [-0.2, 0) is 6.42 Å². The number of nitrogens with one attached hydrogen (secondary N) is 3. The summed E-state index contributed by atoms with van der Waals surface area (Å²) in [7, 11) is 0. The average molecular weight is 335 g/mol. The van der Waals surface area contributed by atoms with Gasteiger partial charge in [-0.15, -0.1) is 0 Å². The molecule has 4 rings (SSSR count). The molecule has 1 aliphatic heterocycles. The molecule has 0 aliphatic carbocycles. The highest BCUT2D eigenvalue weighted by atomic mass is 16.1. The summed E-state index contributed by atoms with van der Waals surface area (Å²) < 4.78 is 0. The Morgan fingerprint density at radius 2 is 2.16 bits per heavy atom. The Morgan fingerprint density at radius 1 is 1.32 bits per heavy atom. The van der Waals surface area contributed by atoms with Crippen molar-refractivity contribution in [2.45, 2.75) is 26.3 Å². The van der Waals surface area contributed by atoms with Crippen LogP contribution >= 0.6 is 0 Å². The molecule has 0 saturated carbocycles. The minimum Gasteiger partial charge on any atom is -0.350 e. The van der Waals surface area contributed by atoms with Gasteiger partial charge in [-0.05, 0) is 44.0 Å². The molecule has 1 amide bonds. The molecule has 0 radical (unpaired) electrons. The maximum absolute atomic E-state index is 12.8. The monoisotopic (exact) mass is 335 g/mol. The third-order valence-corrected chi connectivity index (χ3v) is 4.76. The first-order valence-electron chi connectivity index (χ1n) is 8.55. The highest BCUT2D eigenvalue weighted by Gasteiger charge is 2.21. The zero-order chi connectivity index (χ0) is 17.4. The highest BCUT2D eigenvalue weighted by Crippen LogP contribution is 2.23. The maximum Gasteiger partial charge on any atom is 0.252 e. The van der Waals surface area contributed by atoms with Crippen LogP contribution in [0.25, 0.3) is 11.0 Å². The van der Waals surface area contributed by atoms with E-state index in [9.17, 15) is 4.79 Å². The van der Waals surface area contributed by atoms with Gasteiger partial charge in [-0.2, -0.15) is 5.10 Å². The first-order chi connectivity index (χ1) is 12.1. The predicted octanol–water partition coefficient (Wildman–Crippen LogP) is 2.19. The third-order valence-electron chi connectivity index (χ3n) is 4.76. The van der Waals surface area contributed by atoms with Crippen LogP contribution in [-0.4, -0.2) is 34.2 Å². The number of carbonyl (C=O) groups is 1. The van der Waals surface area contributed by atoms with Crippen molar-refractivity contribution in [3.8, 4) is 0 Å². The molecule has 0 bridgehead atoms. The van der Waals surface area contributed by atoms with Gasteiger partial charge in [-0.25, -0.2) is 4.98 Å². The second kappa shape index (κ2) is 6.29. The molecule has 1 aromatic carbocycles. The molecule has 3 heterocycles. The van der Waals surface area contributed by atoms with Crippen molar-refractivity contribution in [1.29, 1.82) is 0 Å². The maximum atomic E-state index is 12.8. The lowest BCUT2D eigenvalue weighted by Gasteiger charge is -2.27. The van der Waals surface area contributed by atoms with Crippen LogP contribution < -0.4 is 10.6 Å². The van der Waals surface area contributed by atoms with E-state index in [1.807, 2.05) is 26.0 Å². The SMILES string of the molecule is Cc1cc(C(=O)NCC2NCCc3ccccc32)c2c(C)[nH]nc2n1. The number of aromatic nitrogens is 3. The number of amides is 1. The van der Waals surface area contributed by atoms with Gasteiger partial charge in [-0.1, -0.05) is 24.3 Å². The van der Waals surface area contributed by atoms with Crippen LogP contribution in [0.1, 0.15) is 38.9 Å². The van der Waals surface area contributed by atoms with Crippen molar-refractivity contribution in [3.05, 3.63) is 58.4 Å². The largest absolute Gasteiger partial charge is 0.350 e. The quantitative estimate of drug-likeness (QED) is 0.685. The van der Waals surface area contributed by atoms with Crippen LogP contribution in [0.5, 0.6) is 0 Å². The zero-order valence-electron chi connectivity index (χ0n) is 14.4. The Morgan fingerprint density at radius 3 is 3.04 bits per heavy atom. The second-order valence-electron chi connectivity index (χ2n) is 6.52. The van der Waals surface area contributed by atoms with E-state index in [0.29, 0.717) is 17.8 Å². The van der Waals surface area contributed by atoms with E-state index in [-0.39, 0.29) is 11.9 Å². The number of aryl methyl sites for hydroxylation is 2. The third kappa shape index (κ3) is 2.89. The van der Waals surface area contributed by atoms with E-state index in [1.165, 1.54) is 11.1 Å². The van der Waals surface area contributed by atoms with E-state index in [4.69, 9.17) is 0 Å². The number of aromatic amines is 1. The van der Waals surface area contributed by atoms with E-state index < -0.39 is 0 Å². The fourth-order valence-electron chi connectivity index (χ4n) is 3.54. The summed E-state index contributed by atoms with van der Waals surface area (Å²) in [5.41, 5.74) is 5.47. The van der Waals surface area contributed by atoms with Crippen molar-refractivity contribution in [2.24, 2.45) is 0 Å². The van der Waals surface area contributed by atoms with Crippen molar-refractivity contribution in [3.63, 3.8) is 0 Å². The molecule has 1 atom stereocenters. The molecule has 0 spiro atoms. The molecule has 6 heteroatoms. The molecule has 2 aromatic heterocycles. The van der Waals surface area contributed by atoms with Gasteiger partial charge >= 0.3 is 0 Å². The standard InChI is InChI=1S/C19H21N5O/c1-11-9-15(17-12(2)23-24-18(17)22-11)19(25)21-10-16-14-6-4-3-5-13(14)7-8-20-16/h3-6,9,16,20H,7-8,10H2,1-2H3,(H,21,25)(H,22,23,24). The van der Waals surface area contributed by atoms with E-state index in [1.54, 1.807) is 0 Å². The topological polar surface area (TPSA) is 82.7 Å². The fraction of sp³-hybridized carbons (Fsp3) is 0.316. The van der Waals surface area contributed by atoms with Crippen molar-refractivity contribution in [1.82, 2.24) is 25.8 Å². The highest BCUT2D eigenvalue weighted by molar-refractivity contribution is 6.06. The summed E-state index contributed by atoms with van der Waals surface area (Å²) in [6, 6.07) is 10.4. The zero-order valence-corrected chi connectivity index (χ0v) is 14.4. The van der Waals surface area contributed by atoms with Crippen molar-refractivity contribution < 1.29 is 4.79 Å². The molecule has 3 N–H and O–H groups in total. The lowest BCUT2D eigenvalue weighted by molar-refractivity contribution is 0.0950. The summed E-state index contributed by atoms with van der Waals surface area (Å²) in [5.74, 6) is -0.0927. The fourth-order valence-corrected chi connectivity index (χ4v) is 3.54. The summed E-state index contributed by atoms with van der Waals surface area (Å²) in [5, 5.41) is 14.4. The summed E-state index contributed by atoms with van der Waals surface area (Å²) in [4.78, 5) is 17.2. The van der Waals surface area contributed by atoms with Crippen LogP contribution in [0.3, 0.4) is 0 Å². The lowest BCUT2D eigenvalue weighted by atomic mass is 9.94. The molecule has 1 unspecified atom stereocenters. The number of benzene rings is 1. The number of H-pyrrole nitrogens is 1. The van der Waals surface area contributed by atoms with Gasteiger partial charge < -0.3 is 10.6 Å². The first-order valence-corrected chi connectivity index (χ1v) is 8.55. The molecule has 6 nitrogen and oxygen atoms in total. The molecule has 25 heavy (non-hydrogen) atoms. The minimum atomic E-state index is -0.0927. The van der Waals surface area contributed by atoms with Gasteiger partial charge in [0.2, 0.25) is 0 Å². The number of pyridine rings is 1. The van der Waals surface area contributed by atoms with Crippen molar-refractivity contribution in [2.75, 3.05) is 13.1 Å². The number of hydrogen-bond acceptors (Lipinski definition) is 4. The molecular weight excluding hydrogens is 314 g/mol. The van der Waals surface area contributed by atoms with E-state index in [2.05, 4.69) is 44.0 Å². The molecule has 128 valence electrons. The van der Waals surface area contributed by atoms with Gasteiger partial charge in [0.25, 0.3) is 5.91 Å². The van der Waals surface area contributed by atoms with E-state index in [0.717, 1.165) is 29.7 Å². The van der Waals surface area contributed by atoms with E-state index >= 15 is 0 Å². The molecule has 0 saturated heterocycles. The molecule has 0 fully saturated rings. The Bertz CT molecular complexity index is 946. The Hall–Kier alpha value is -2.73. The van der Waals surface area contributed by atoms with Crippen LogP contribution in [0.2, 0.25) is 0 Å². The lowest BCUT2D eigenvalue weighted by Crippen LogP contribution is -2.38. The normalized spacial score (nSPS) is 16.6. The smallest absolute Gasteiger partial charge is 0.252 e. The van der Waals surface area contributed by atoms with Gasteiger partial charge in [0.1, 0.15) is 0 Å². The number of nitrogens with zero attached hydrogens (tertiary/aromatic N) is 2. The Balaban J connectivity index is 1.57. The molecule has 3 aromatic rings. The number of carbonyl (C=O) groups excluding carboxylic acids is 1. The molecular formula is C19H21N5O. The minimum absolute atomic E-state index is 0.0927. The Labute approximate surface area is 146 Å². The van der Waals surface area contributed by atoms with Crippen LogP contribution in [0, 0.1) is 13.8 Å². The van der Waals surface area contributed by atoms with Crippen LogP contribution in [0.4, 0.5) is 0 Å². The predicted molar refractivity (Wildman–Crippen MR) is 96.6 cm³/mol. The first kappa shape index (κ1) is 15.8. The summed E-state index contributed by atoms with van der Waals surface area (Å²) in [6.07, 6.45) is 1.03. The second-order valence-corrected chi connectivity index (χ2v) is 6.52. The van der Waals surface area contributed by atoms with Gasteiger partial charge in [0.05, 0.1) is 10.9 Å². The number of fused-ring (bicyclic) bond motifs is 2. The van der Waals surface area contributed by atoms with Gasteiger partial charge in [-0.3, -0.25) is 9.89 Å². The molecule has 1 aliphatic rings. The summed E-state index contributed by atoms with van der Waals surface area (Å²) >= 11 is 0. The number of hydrogen-bond donors (Lipinski definition) is 3. The number of rotatable bonds is 3.